The fourth-order valence-electron chi connectivity index (χ4n) is 3.40. The van der Waals surface area contributed by atoms with Gasteiger partial charge in [0.1, 0.15) is 18.6 Å². The third-order valence-corrected chi connectivity index (χ3v) is 5.24. The minimum atomic E-state index is -1.77. The molecule has 1 aliphatic rings. The zero-order chi connectivity index (χ0) is 23.1. The summed E-state index contributed by atoms with van der Waals surface area (Å²) in [6.45, 7) is 2.49. The number of carbonyl (C=O) groups excluding carboxylic acids is 1. The van der Waals surface area contributed by atoms with Crippen LogP contribution in [-0.2, 0) is 22.8 Å². The second-order valence-electron chi connectivity index (χ2n) is 7.74. The van der Waals surface area contributed by atoms with Gasteiger partial charge < -0.3 is 24.5 Å². The molecule has 1 atom stereocenters. The smallest absolute Gasteiger partial charge is 0.254 e. The van der Waals surface area contributed by atoms with Crippen LogP contribution in [0.5, 0.6) is 5.75 Å². The molecular formula is C25H30BrN3O4. The van der Waals surface area contributed by atoms with Crippen LogP contribution in [0.25, 0.3) is 0 Å². The normalized spacial score (nSPS) is 17.7. The molecule has 8 heteroatoms. The number of ether oxygens (including phenoxy) is 1. The molecule has 1 amide bonds. The molecule has 2 aromatic rings. The van der Waals surface area contributed by atoms with Crippen molar-refractivity contribution in [1.82, 2.24) is 9.80 Å². The number of aliphatic hydroxyl groups is 1. The van der Waals surface area contributed by atoms with Crippen molar-refractivity contribution in [3.63, 3.8) is 0 Å². The van der Waals surface area contributed by atoms with Gasteiger partial charge in [-0.05, 0) is 42.3 Å². The zero-order valence-electron chi connectivity index (χ0n) is 19.3. The molecule has 0 aromatic heterocycles. The molecule has 0 aliphatic carbocycles. The number of hydrogen-bond acceptors (Lipinski definition) is 6. The van der Waals surface area contributed by atoms with Crippen LogP contribution in [0.4, 0.5) is 0 Å². The van der Waals surface area contributed by atoms with Crippen LogP contribution < -0.4 is 4.74 Å². The van der Waals surface area contributed by atoms with E-state index in [-0.39, 0.29) is 35.1 Å². The number of nitrogens with zero attached hydrogens (tertiary/aromatic N) is 3. The number of amides is 1. The summed E-state index contributed by atoms with van der Waals surface area (Å²) in [7, 11) is 4.90. The molecule has 176 valence electrons. The highest BCUT2D eigenvalue weighted by molar-refractivity contribution is 8.93. The van der Waals surface area contributed by atoms with E-state index < -0.39 is 5.72 Å². The second-order valence-corrected chi connectivity index (χ2v) is 7.74. The summed E-state index contributed by atoms with van der Waals surface area (Å²) < 4.78 is 5.16. The topological polar surface area (TPSA) is 74.6 Å². The zero-order valence-corrected chi connectivity index (χ0v) is 21.0. The Kier molecular flexibility index (Phi) is 9.25. The van der Waals surface area contributed by atoms with Gasteiger partial charge in [-0.3, -0.25) is 4.79 Å². The fraction of sp³-hybridized carbons (Fsp3) is 0.280. The summed E-state index contributed by atoms with van der Waals surface area (Å²) >= 11 is 0. The summed E-state index contributed by atoms with van der Waals surface area (Å²) in [5.74, 6) is 0.445. The lowest BCUT2D eigenvalue weighted by Crippen LogP contribution is -2.54. The van der Waals surface area contributed by atoms with Crippen molar-refractivity contribution in [2.45, 2.75) is 25.8 Å². The SMILES string of the molecule is Br.COc1ccc(CON=CC2(O)C(C(=O)N(C)C)=CC=C(C)N2Cc2ccccc2)cc1. The van der Waals surface area contributed by atoms with E-state index in [1.807, 2.05) is 67.6 Å². The summed E-state index contributed by atoms with van der Waals surface area (Å²) in [4.78, 5) is 21.5. The molecule has 3 rings (SSSR count). The Balaban J connectivity index is 0.00000385. The summed E-state index contributed by atoms with van der Waals surface area (Å²) in [5.41, 5.74) is 1.12. The van der Waals surface area contributed by atoms with Gasteiger partial charge in [0.25, 0.3) is 5.91 Å². The highest BCUT2D eigenvalue weighted by Crippen LogP contribution is 2.32. The number of hydrogen-bond donors (Lipinski definition) is 1. The van der Waals surface area contributed by atoms with Crippen LogP contribution in [0.1, 0.15) is 18.1 Å². The third kappa shape index (κ3) is 6.24. The Hall–Kier alpha value is -3.10. The Morgan fingerprint density at radius 1 is 1.09 bits per heavy atom. The number of benzene rings is 2. The molecule has 1 aliphatic heterocycles. The first-order chi connectivity index (χ1) is 15.3. The molecule has 0 spiro atoms. The molecule has 1 N–H and O–H groups in total. The number of allylic oxidation sites excluding steroid dienone is 3. The number of carbonyl (C=O) groups is 1. The van der Waals surface area contributed by atoms with Gasteiger partial charge in [-0.15, -0.1) is 17.0 Å². The molecule has 33 heavy (non-hydrogen) atoms. The first-order valence-electron chi connectivity index (χ1n) is 10.3. The van der Waals surface area contributed by atoms with Gasteiger partial charge >= 0.3 is 0 Å². The Labute approximate surface area is 205 Å². The quantitative estimate of drug-likeness (QED) is 0.426. The van der Waals surface area contributed by atoms with Crippen molar-refractivity contribution >= 4 is 29.1 Å². The van der Waals surface area contributed by atoms with Crippen LogP contribution in [0, 0.1) is 0 Å². The number of methoxy groups -OCH3 is 1. The van der Waals surface area contributed by atoms with E-state index in [0.717, 1.165) is 22.6 Å². The minimum Gasteiger partial charge on any atom is -0.497 e. The van der Waals surface area contributed by atoms with Crippen molar-refractivity contribution < 1.29 is 19.5 Å². The van der Waals surface area contributed by atoms with Gasteiger partial charge in [-0.1, -0.05) is 47.6 Å². The van der Waals surface area contributed by atoms with E-state index in [1.165, 1.54) is 11.1 Å². The lowest BCUT2D eigenvalue weighted by atomic mass is 9.95. The second kappa shape index (κ2) is 11.7. The average Bonchev–Trinajstić information content (AvgIpc) is 2.80. The van der Waals surface area contributed by atoms with Gasteiger partial charge in [0, 0.05) is 26.3 Å². The lowest BCUT2D eigenvalue weighted by Gasteiger charge is -2.42. The average molecular weight is 516 g/mol. The predicted molar refractivity (Wildman–Crippen MR) is 134 cm³/mol. The van der Waals surface area contributed by atoms with Crippen molar-refractivity contribution in [2.75, 3.05) is 21.2 Å². The van der Waals surface area contributed by atoms with Gasteiger partial charge in [0.05, 0.1) is 12.7 Å². The van der Waals surface area contributed by atoms with Crippen LogP contribution in [-0.4, -0.2) is 54.0 Å². The first kappa shape index (κ1) is 26.2. The van der Waals surface area contributed by atoms with Crippen molar-refractivity contribution in [3.05, 3.63) is 89.1 Å². The van der Waals surface area contributed by atoms with E-state index in [4.69, 9.17) is 9.57 Å². The maximum Gasteiger partial charge on any atom is 0.254 e. The Bertz CT molecular complexity index is 1020. The molecule has 1 heterocycles. The number of halogens is 1. The van der Waals surface area contributed by atoms with E-state index >= 15 is 0 Å². The molecular weight excluding hydrogens is 486 g/mol. The molecule has 0 saturated carbocycles. The number of oxime groups is 1. The Morgan fingerprint density at radius 2 is 1.76 bits per heavy atom. The van der Waals surface area contributed by atoms with Gasteiger partial charge in [-0.25, -0.2) is 0 Å². The monoisotopic (exact) mass is 515 g/mol. The first-order valence-corrected chi connectivity index (χ1v) is 10.3. The van der Waals surface area contributed by atoms with Crippen LogP contribution in [0.2, 0.25) is 0 Å². The number of rotatable bonds is 8. The highest BCUT2D eigenvalue weighted by Gasteiger charge is 2.43. The van der Waals surface area contributed by atoms with E-state index in [2.05, 4.69) is 5.16 Å². The molecule has 0 fully saturated rings. The molecule has 1 unspecified atom stereocenters. The van der Waals surface area contributed by atoms with Crippen molar-refractivity contribution in [2.24, 2.45) is 5.16 Å². The van der Waals surface area contributed by atoms with Gasteiger partial charge in [0.2, 0.25) is 5.72 Å². The third-order valence-electron chi connectivity index (χ3n) is 5.24. The lowest BCUT2D eigenvalue weighted by molar-refractivity contribution is -0.128. The summed E-state index contributed by atoms with van der Waals surface area (Å²) in [6, 6.07) is 17.2. The summed E-state index contributed by atoms with van der Waals surface area (Å²) in [6.07, 6.45) is 4.73. The predicted octanol–water partition coefficient (Wildman–Crippen LogP) is 3.90. The van der Waals surface area contributed by atoms with Gasteiger partial charge in [0.15, 0.2) is 0 Å². The summed E-state index contributed by atoms with van der Waals surface area (Å²) in [5, 5.41) is 15.8. The Morgan fingerprint density at radius 3 is 2.36 bits per heavy atom. The molecule has 2 aromatic carbocycles. The molecule has 0 saturated heterocycles. The van der Waals surface area contributed by atoms with Crippen LogP contribution in [0.3, 0.4) is 0 Å². The highest BCUT2D eigenvalue weighted by atomic mass is 79.9. The van der Waals surface area contributed by atoms with E-state index in [0.29, 0.717) is 6.54 Å². The van der Waals surface area contributed by atoms with Crippen LogP contribution in [0.15, 0.2) is 83.2 Å². The van der Waals surface area contributed by atoms with Crippen LogP contribution >= 0.6 is 17.0 Å². The molecule has 7 nitrogen and oxygen atoms in total. The number of likely N-dealkylation sites (N-methyl/N-ethyl adjacent to an activating group) is 1. The minimum absolute atomic E-state index is 0. The van der Waals surface area contributed by atoms with Crippen molar-refractivity contribution in [1.29, 1.82) is 0 Å². The maximum absolute atomic E-state index is 12.9. The van der Waals surface area contributed by atoms with E-state index in [9.17, 15) is 9.90 Å². The van der Waals surface area contributed by atoms with Gasteiger partial charge in [-0.2, -0.15) is 0 Å². The largest absolute Gasteiger partial charge is 0.497 e. The standard InChI is InChI=1S/C25H29N3O4.BrH/c1-19-10-15-23(24(29)27(2)3)25(30,28(19)16-20-8-6-5-7-9-20)18-26-32-17-21-11-13-22(31-4)14-12-21;/h5-15,18,30H,16-17H2,1-4H3;1H. The fourth-order valence-corrected chi connectivity index (χ4v) is 3.40. The molecule has 0 bridgehead atoms. The molecule has 0 radical (unpaired) electrons. The van der Waals surface area contributed by atoms with Crippen molar-refractivity contribution in [3.8, 4) is 5.75 Å². The van der Waals surface area contributed by atoms with E-state index in [1.54, 1.807) is 32.2 Å². The maximum atomic E-state index is 12.9.